The van der Waals surface area contributed by atoms with E-state index in [9.17, 15) is 9.59 Å². The number of likely N-dealkylation sites (N-methyl/N-ethyl adjacent to an activating group) is 2. The number of hydrogen-bond donors (Lipinski definition) is 1. The standard InChI is InChI=1S/C13H17BrN2O2/c1-3-15-12(17)9-16(2)13(18)11-6-4-10(8-14)5-7-11/h4-7H,3,8-9H2,1-2H3,(H,15,17). The van der Waals surface area contributed by atoms with Gasteiger partial charge in [0.1, 0.15) is 0 Å². The Morgan fingerprint density at radius 1 is 1.28 bits per heavy atom. The molecule has 2 amide bonds. The van der Waals surface area contributed by atoms with Crippen LogP contribution in [0.25, 0.3) is 0 Å². The first-order chi connectivity index (χ1) is 8.58. The van der Waals surface area contributed by atoms with Crippen LogP contribution in [0.2, 0.25) is 0 Å². The molecular formula is C13H17BrN2O2. The summed E-state index contributed by atoms with van der Waals surface area (Å²) in [5.41, 5.74) is 1.70. The zero-order chi connectivity index (χ0) is 13.5. The highest BCUT2D eigenvalue weighted by Gasteiger charge is 2.14. The minimum absolute atomic E-state index is 0.0763. The van der Waals surface area contributed by atoms with Crippen molar-refractivity contribution >= 4 is 27.7 Å². The molecule has 1 aromatic rings. The molecule has 0 saturated carbocycles. The quantitative estimate of drug-likeness (QED) is 0.843. The summed E-state index contributed by atoms with van der Waals surface area (Å²) in [5, 5.41) is 3.42. The minimum atomic E-state index is -0.151. The van der Waals surface area contributed by atoms with E-state index >= 15 is 0 Å². The molecule has 4 nitrogen and oxygen atoms in total. The fraction of sp³-hybridized carbons (Fsp3) is 0.385. The van der Waals surface area contributed by atoms with Crippen molar-refractivity contribution in [1.82, 2.24) is 10.2 Å². The van der Waals surface area contributed by atoms with Gasteiger partial charge in [0.25, 0.3) is 5.91 Å². The van der Waals surface area contributed by atoms with Crippen molar-refractivity contribution in [3.8, 4) is 0 Å². The van der Waals surface area contributed by atoms with E-state index in [0.29, 0.717) is 12.1 Å². The zero-order valence-electron chi connectivity index (χ0n) is 10.6. The third-order valence-corrected chi connectivity index (χ3v) is 3.10. The Hall–Kier alpha value is -1.36. The van der Waals surface area contributed by atoms with Crippen molar-refractivity contribution in [2.24, 2.45) is 0 Å². The molecule has 0 heterocycles. The summed E-state index contributed by atoms with van der Waals surface area (Å²) < 4.78 is 0. The maximum absolute atomic E-state index is 12.0. The lowest BCUT2D eigenvalue weighted by Gasteiger charge is -2.16. The van der Waals surface area contributed by atoms with Gasteiger partial charge in [0.2, 0.25) is 5.91 Å². The fourth-order valence-electron chi connectivity index (χ4n) is 1.50. The topological polar surface area (TPSA) is 49.4 Å². The van der Waals surface area contributed by atoms with Crippen LogP contribution in [-0.2, 0) is 10.1 Å². The Bertz CT molecular complexity index is 418. The van der Waals surface area contributed by atoms with E-state index in [4.69, 9.17) is 0 Å². The molecule has 18 heavy (non-hydrogen) atoms. The van der Waals surface area contributed by atoms with E-state index in [1.165, 1.54) is 4.90 Å². The van der Waals surface area contributed by atoms with E-state index in [1.807, 2.05) is 19.1 Å². The van der Waals surface area contributed by atoms with E-state index in [0.717, 1.165) is 10.9 Å². The maximum Gasteiger partial charge on any atom is 0.254 e. The third-order valence-electron chi connectivity index (χ3n) is 2.46. The molecule has 0 radical (unpaired) electrons. The maximum atomic E-state index is 12.0. The number of halogens is 1. The molecule has 0 bridgehead atoms. The van der Waals surface area contributed by atoms with Crippen LogP contribution in [0.4, 0.5) is 0 Å². The Morgan fingerprint density at radius 3 is 2.39 bits per heavy atom. The first-order valence-electron chi connectivity index (χ1n) is 5.75. The van der Waals surface area contributed by atoms with Crippen molar-refractivity contribution in [1.29, 1.82) is 0 Å². The van der Waals surface area contributed by atoms with E-state index in [-0.39, 0.29) is 18.4 Å². The summed E-state index contributed by atoms with van der Waals surface area (Å²) in [4.78, 5) is 24.8. The summed E-state index contributed by atoms with van der Waals surface area (Å²) in [6.07, 6.45) is 0. The predicted molar refractivity (Wildman–Crippen MR) is 74.7 cm³/mol. The van der Waals surface area contributed by atoms with Gasteiger partial charge in [-0.25, -0.2) is 0 Å². The lowest BCUT2D eigenvalue weighted by atomic mass is 10.1. The molecule has 1 aromatic carbocycles. The van der Waals surface area contributed by atoms with Crippen LogP contribution < -0.4 is 5.32 Å². The second-order valence-corrected chi connectivity index (χ2v) is 4.51. The SMILES string of the molecule is CCNC(=O)CN(C)C(=O)c1ccc(CBr)cc1. The minimum Gasteiger partial charge on any atom is -0.355 e. The third kappa shape index (κ3) is 4.14. The molecule has 0 aliphatic heterocycles. The molecule has 0 fully saturated rings. The molecule has 1 rings (SSSR count). The van der Waals surface area contributed by atoms with Gasteiger partial charge >= 0.3 is 0 Å². The number of alkyl halides is 1. The Kier molecular flexibility index (Phi) is 5.85. The first kappa shape index (κ1) is 14.7. The highest BCUT2D eigenvalue weighted by molar-refractivity contribution is 9.08. The lowest BCUT2D eigenvalue weighted by Crippen LogP contribution is -2.38. The molecule has 1 N–H and O–H groups in total. The van der Waals surface area contributed by atoms with Gasteiger partial charge in [-0.2, -0.15) is 0 Å². The fourth-order valence-corrected chi connectivity index (χ4v) is 1.87. The number of carbonyl (C=O) groups is 2. The number of rotatable bonds is 5. The zero-order valence-corrected chi connectivity index (χ0v) is 12.2. The number of amides is 2. The Labute approximate surface area is 115 Å². The molecule has 0 unspecified atom stereocenters. The van der Waals surface area contributed by atoms with Crippen LogP contribution >= 0.6 is 15.9 Å². The Morgan fingerprint density at radius 2 is 1.89 bits per heavy atom. The highest BCUT2D eigenvalue weighted by Crippen LogP contribution is 2.09. The van der Waals surface area contributed by atoms with Gasteiger partial charge in [0.05, 0.1) is 6.54 Å². The van der Waals surface area contributed by atoms with Crippen LogP contribution in [-0.4, -0.2) is 36.9 Å². The number of carbonyl (C=O) groups excluding carboxylic acids is 2. The molecular weight excluding hydrogens is 296 g/mol. The van der Waals surface area contributed by atoms with Crippen molar-refractivity contribution in [2.75, 3.05) is 20.1 Å². The molecule has 0 atom stereocenters. The Balaban J connectivity index is 2.64. The van der Waals surface area contributed by atoms with E-state index in [2.05, 4.69) is 21.2 Å². The summed E-state index contributed by atoms with van der Waals surface area (Å²) in [6, 6.07) is 7.32. The number of hydrogen-bond acceptors (Lipinski definition) is 2. The van der Waals surface area contributed by atoms with E-state index in [1.54, 1.807) is 19.2 Å². The molecule has 0 aliphatic carbocycles. The number of benzene rings is 1. The summed E-state index contributed by atoms with van der Waals surface area (Å²) in [6.45, 7) is 2.49. The smallest absolute Gasteiger partial charge is 0.254 e. The van der Waals surface area contributed by atoms with Crippen LogP contribution in [0.15, 0.2) is 24.3 Å². The second-order valence-electron chi connectivity index (χ2n) is 3.95. The summed E-state index contributed by atoms with van der Waals surface area (Å²) in [7, 11) is 1.62. The van der Waals surface area contributed by atoms with Gasteiger partial charge < -0.3 is 10.2 Å². The molecule has 0 aromatic heterocycles. The number of nitrogens with one attached hydrogen (secondary N) is 1. The number of nitrogens with zero attached hydrogens (tertiary/aromatic N) is 1. The first-order valence-corrected chi connectivity index (χ1v) is 6.87. The average molecular weight is 313 g/mol. The lowest BCUT2D eigenvalue weighted by molar-refractivity contribution is -0.121. The van der Waals surface area contributed by atoms with Gasteiger partial charge in [0, 0.05) is 24.5 Å². The molecule has 0 spiro atoms. The molecule has 5 heteroatoms. The van der Waals surface area contributed by atoms with Crippen LogP contribution in [0.1, 0.15) is 22.8 Å². The highest BCUT2D eigenvalue weighted by atomic mass is 79.9. The second kappa shape index (κ2) is 7.16. The monoisotopic (exact) mass is 312 g/mol. The van der Waals surface area contributed by atoms with Gasteiger partial charge in [-0.15, -0.1) is 0 Å². The van der Waals surface area contributed by atoms with Gasteiger partial charge in [-0.05, 0) is 24.6 Å². The summed E-state index contributed by atoms with van der Waals surface area (Å²) >= 11 is 3.35. The molecule has 0 aliphatic rings. The van der Waals surface area contributed by atoms with Crippen molar-refractivity contribution < 1.29 is 9.59 Å². The normalized spacial score (nSPS) is 9.94. The molecule has 98 valence electrons. The van der Waals surface area contributed by atoms with Crippen LogP contribution in [0.3, 0.4) is 0 Å². The molecule has 0 saturated heterocycles. The van der Waals surface area contributed by atoms with Crippen molar-refractivity contribution in [3.63, 3.8) is 0 Å². The van der Waals surface area contributed by atoms with E-state index < -0.39 is 0 Å². The van der Waals surface area contributed by atoms with Crippen molar-refractivity contribution in [3.05, 3.63) is 35.4 Å². The average Bonchev–Trinajstić information content (AvgIpc) is 2.38. The van der Waals surface area contributed by atoms with Crippen LogP contribution in [0.5, 0.6) is 0 Å². The van der Waals surface area contributed by atoms with Crippen molar-refractivity contribution in [2.45, 2.75) is 12.3 Å². The predicted octanol–water partition coefficient (Wildman–Crippen LogP) is 1.79. The largest absolute Gasteiger partial charge is 0.355 e. The van der Waals surface area contributed by atoms with Gasteiger partial charge in [-0.3, -0.25) is 9.59 Å². The van der Waals surface area contributed by atoms with Gasteiger partial charge in [0.15, 0.2) is 0 Å². The summed E-state index contributed by atoms with van der Waals surface area (Å²) in [5.74, 6) is -0.298. The van der Waals surface area contributed by atoms with Crippen LogP contribution in [0, 0.1) is 0 Å². The van der Waals surface area contributed by atoms with Gasteiger partial charge in [-0.1, -0.05) is 28.1 Å².